The summed E-state index contributed by atoms with van der Waals surface area (Å²) in [5.41, 5.74) is 0.998. The van der Waals surface area contributed by atoms with E-state index in [9.17, 15) is 9.59 Å². The second-order valence-electron chi connectivity index (χ2n) is 7.02. The van der Waals surface area contributed by atoms with Crippen molar-refractivity contribution in [3.63, 3.8) is 0 Å². The van der Waals surface area contributed by atoms with Gasteiger partial charge < -0.3 is 25.4 Å². The molecule has 2 rings (SSSR count). The number of amides is 2. The highest BCUT2D eigenvalue weighted by Crippen LogP contribution is 2.21. The first kappa shape index (κ1) is 19.4. The lowest BCUT2D eigenvalue weighted by Gasteiger charge is -2.42. The van der Waals surface area contributed by atoms with E-state index >= 15 is 0 Å². The van der Waals surface area contributed by atoms with Crippen molar-refractivity contribution < 1.29 is 19.1 Å². The minimum Gasteiger partial charge on any atom is -0.382 e. The molecule has 0 spiro atoms. The summed E-state index contributed by atoms with van der Waals surface area (Å²) in [7, 11) is 1.64. The second-order valence-corrected chi connectivity index (χ2v) is 7.02. The van der Waals surface area contributed by atoms with Crippen LogP contribution < -0.4 is 16.0 Å². The lowest BCUT2D eigenvalue weighted by molar-refractivity contribution is -0.155. The summed E-state index contributed by atoms with van der Waals surface area (Å²) in [5.74, 6) is -0.113. The first-order chi connectivity index (χ1) is 11.8. The van der Waals surface area contributed by atoms with Crippen LogP contribution in [0.25, 0.3) is 0 Å². The molecule has 2 atom stereocenters. The van der Waals surface area contributed by atoms with Crippen LogP contribution >= 0.6 is 0 Å². The Kier molecular flexibility index (Phi) is 6.57. The Labute approximate surface area is 148 Å². The van der Waals surface area contributed by atoms with E-state index in [0.29, 0.717) is 37.5 Å². The molecule has 0 bridgehead atoms. The SMILES string of the molecule is COCC1CN(CC(=O)NC2=CNC(C)C(NC=O)=C2)CC(C)(C)O1. The molecule has 0 saturated carbocycles. The number of dihydropyridines is 1. The molecule has 0 radical (unpaired) electrons. The molecule has 0 aliphatic carbocycles. The topological polar surface area (TPSA) is 91.9 Å². The van der Waals surface area contributed by atoms with Gasteiger partial charge in [0.1, 0.15) is 0 Å². The molecule has 2 heterocycles. The second kappa shape index (κ2) is 8.46. The molecule has 3 N–H and O–H groups in total. The predicted molar refractivity (Wildman–Crippen MR) is 93.4 cm³/mol. The number of rotatable bonds is 7. The van der Waals surface area contributed by atoms with E-state index in [4.69, 9.17) is 9.47 Å². The number of allylic oxidation sites excluding steroid dienone is 1. The van der Waals surface area contributed by atoms with Crippen LogP contribution in [0.4, 0.5) is 0 Å². The van der Waals surface area contributed by atoms with Gasteiger partial charge in [0.25, 0.3) is 0 Å². The molecule has 2 unspecified atom stereocenters. The summed E-state index contributed by atoms with van der Waals surface area (Å²) in [6.07, 6.45) is 4.06. The van der Waals surface area contributed by atoms with E-state index in [1.54, 1.807) is 19.4 Å². The van der Waals surface area contributed by atoms with Crippen molar-refractivity contribution in [3.05, 3.63) is 23.7 Å². The predicted octanol–water partition coefficient (Wildman–Crippen LogP) is -0.309. The largest absolute Gasteiger partial charge is 0.382 e. The minimum absolute atomic E-state index is 0.0132. The molecule has 2 aliphatic rings. The normalized spacial score (nSPS) is 26.1. The van der Waals surface area contributed by atoms with Crippen LogP contribution in [-0.2, 0) is 19.1 Å². The third-order valence-electron chi connectivity index (χ3n) is 4.05. The molecule has 8 nitrogen and oxygen atoms in total. The van der Waals surface area contributed by atoms with E-state index < -0.39 is 0 Å². The Morgan fingerprint density at radius 2 is 2.32 bits per heavy atom. The maximum absolute atomic E-state index is 12.4. The number of nitrogens with one attached hydrogen (secondary N) is 3. The van der Waals surface area contributed by atoms with Crippen LogP contribution in [0.2, 0.25) is 0 Å². The molecule has 8 heteroatoms. The zero-order chi connectivity index (χ0) is 18.4. The van der Waals surface area contributed by atoms with Gasteiger partial charge in [0, 0.05) is 32.1 Å². The number of morpholine rings is 1. The number of methoxy groups -OCH3 is 1. The fourth-order valence-electron chi connectivity index (χ4n) is 3.16. The standard InChI is InChI=1S/C17H28N4O4/c1-12-15(19-11-22)5-13(6-18-12)20-16(23)8-21-7-14(9-24-4)25-17(2,3)10-21/h5-6,11-12,14,18H,7-10H2,1-4H3,(H,19,22)(H,20,23). The van der Waals surface area contributed by atoms with Gasteiger partial charge in [-0.1, -0.05) is 0 Å². The number of nitrogens with zero attached hydrogens (tertiary/aromatic N) is 1. The Hall–Kier alpha value is -1.90. The summed E-state index contributed by atoms with van der Waals surface area (Å²) in [5, 5.41) is 8.59. The van der Waals surface area contributed by atoms with Crippen molar-refractivity contribution in [1.82, 2.24) is 20.9 Å². The van der Waals surface area contributed by atoms with Crippen molar-refractivity contribution in [3.8, 4) is 0 Å². The lowest BCUT2D eigenvalue weighted by atomic mass is 10.1. The number of carbonyl (C=O) groups excluding carboxylic acids is 2. The molecule has 140 valence electrons. The molecule has 2 aliphatic heterocycles. The maximum Gasteiger partial charge on any atom is 0.238 e. The summed E-state index contributed by atoms with van der Waals surface area (Å²) in [6.45, 7) is 8.02. The van der Waals surface area contributed by atoms with Crippen LogP contribution in [0, 0.1) is 0 Å². The highest BCUT2D eigenvalue weighted by molar-refractivity contribution is 5.80. The molecule has 25 heavy (non-hydrogen) atoms. The molecular weight excluding hydrogens is 324 g/mol. The van der Waals surface area contributed by atoms with Gasteiger partial charge in [0.2, 0.25) is 12.3 Å². The number of ether oxygens (including phenoxy) is 2. The van der Waals surface area contributed by atoms with Crippen molar-refractivity contribution in [2.24, 2.45) is 0 Å². The fraction of sp³-hybridized carbons (Fsp3) is 0.647. The smallest absolute Gasteiger partial charge is 0.238 e. The van der Waals surface area contributed by atoms with E-state index in [2.05, 4.69) is 20.9 Å². The zero-order valence-corrected chi connectivity index (χ0v) is 15.3. The Morgan fingerprint density at radius 3 is 3.00 bits per heavy atom. The summed E-state index contributed by atoms with van der Waals surface area (Å²) in [4.78, 5) is 25.1. The van der Waals surface area contributed by atoms with Gasteiger partial charge in [-0.15, -0.1) is 0 Å². The van der Waals surface area contributed by atoms with Gasteiger partial charge in [-0.2, -0.15) is 0 Å². The van der Waals surface area contributed by atoms with Crippen molar-refractivity contribution >= 4 is 12.3 Å². The monoisotopic (exact) mass is 352 g/mol. The molecule has 0 aromatic rings. The number of hydrogen-bond donors (Lipinski definition) is 3. The van der Waals surface area contributed by atoms with Gasteiger partial charge in [-0.3, -0.25) is 14.5 Å². The van der Waals surface area contributed by atoms with Gasteiger partial charge in [0.15, 0.2) is 0 Å². The van der Waals surface area contributed by atoms with Gasteiger partial charge in [0.05, 0.1) is 36.6 Å². The van der Waals surface area contributed by atoms with E-state index in [1.165, 1.54) is 0 Å². The molecular formula is C17H28N4O4. The van der Waals surface area contributed by atoms with Crippen LogP contribution in [0.3, 0.4) is 0 Å². The lowest BCUT2D eigenvalue weighted by Crippen LogP contribution is -2.55. The molecule has 0 aromatic heterocycles. The summed E-state index contributed by atoms with van der Waals surface area (Å²) < 4.78 is 11.1. The first-order valence-corrected chi connectivity index (χ1v) is 8.40. The Bertz CT molecular complexity index is 559. The number of hydrogen-bond acceptors (Lipinski definition) is 6. The molecule has 0 aromatic carbocycles. The Balaban J connectivity index is 1.92. The minimum atomic E-state index is -0.330. The van der Waals surface area contributed by atoms with E-state index in [0.717, 1.165) is 0 Å². The van der Waals surface area contributed by atoms with Crippen molar-refractivity contribution in [2.45, 2.75) is 38.5 Å². The van der Waals surface area contributed by atoms with Gasteiger partial charge in [-0.05, 0) is 26.8 Å². The summed E-state index contributed by atoms with van der Waals surface area (Å²) in [6, 6.07) is -0.0132. The van der Waals surface area contributed by atoms with E-state index in [-0.39, 0.29) is 30.2 Å². The maximum atomic E-state index is 12.4. The van der Waals surface area contributed by atoms with Crippen LogP contribution in [0.1, 0.15) is 20.8 Å². The van der Waals surface area contributed by atoms with Gasteiger partial charge >= 0.3 is 0 Å². The van der Waals surface area contributed by atoms with Gasteiger partial charge in [-0.25, -0.2) is 0 Å². The third kappa shape index (κ3) is 5.84. The highest BCUT2D eigenvalue weighted by Gasteiger charge is 2.34. The third-order valence-corrected chi connectivity index (χ3v) is 4.05. The fourth-order valence-corrected chi connectivity index (χ4v) is 3.16. The number of carbonyl (C=O) groups is 2. The van der Waals surface area contributed by atoms with Crippen molar-refractivity contribution in [1.29, 1.82) is 0 Å². The zero-order valence-electron chi connectivity index (χ0n) is 15.3. The Morgan fingerprint density at radius 1 is 1.56 bits per heavy atom. The molecule has 1 saturated heterocycles. The van der Waals surface area contributed by atoms with Crippen LogP contribution in [0.5, 0.6) is 0 Å². The van der Waals surface area contributed by atoms with Crippen molar-refractivity contribution in [2.75, 3.05) is 33.4 Å². The quantitative estimate of drug-likeness (QED) is 0.545. The molecule has 1 fully saturated rings. The van der Waals surface area contributed by atoms with E-state index in [1.807, 2.05) is 20.8 Å². The molecule has 2 amide bonds. The van der Waals surface area contributed by atoms with Crippen LogP contribution in [-0.4, -0.2) is 68.3 Å². The summed E-state index contributed by atoms with van der Waals surface area (Å²) >= 11 is 0. The average Bonchev–Trinajstić information content (AvgIpc) is 2.49. The van der Waals surface area contributed by atoms with Crippen LogP contribution in [0.15, 0.2) is 23.7 Å². The highest BCUT2D eigenvalue weighted by atomic mass is 16.5. The first-order valence-electron chi connectivity index (χ1n) is 8.40. The average molecular weight is 352 g/mol.